The normalized spacial score (nSPS) is 10.8. The summed E-state index contributed by atoms with van der Waals surface area (Å²) in [4.78, 5) is 10.5. The van der Waals surface area contributed by atoms with Crippen molar-refractivity contribution in [3.63, 3.8) is 0 Å². The van der Waals surface area contributed by atoms with Crippen molar-refractivity contribution in [3.05, 3.63) is 17.5 Å². The van der Waals surface area contributed by atoms with Crippen LogP contribution >= 0.6 is 23.4 Å². The van der Waals surface area contributed by atoms with Crippen molar-refractivity contribution >= 4 is 29.3 Å². The van der Waals surface area contributed by atoms with E-state index in [1.807, 2.05) is 6.92 Å². The van der Waals surface area contributed by atoms with E-state index in [1.54, 1.807) is 10.6 Å². The predicted octanol–water partition coefficient (Wildman–Crippen LogP) is 2.39. The van der Waals surface area contributed by atoms with Gasteiger partial charge in [0.2, 0.25) is 5.22 Å². The molecule has 0 saturated carbocycles. The SMILES string of the molecule is CCn1c(SCC(=O)O)nnc1-c1ccoc1Cl. The number of thioether (sulfide) groups is 1. The van der Waals surface area contributed by atoms with E-state index in [9.17, 15) is 4.79 Å². The zero-order valence-corrected chi connectivity index (χ0v) is 11.0. The first-order chi connectivity index (χ1) is 8.63. The lowest BCUT2D eigenvalue weighted by atomic mass is 10.3. The molecule has 6 nitrogen and oxygen atoms in total. The summed E-state index contributed by atoms with van der Waals surface area (Å²) >= 11 is 7.01. The number of aromatic nitrogens is 3. The minimum absolute atomic E-state index is 0.0583. The maximum absolute atomic E-state index is 10.5. The Morgan fingerprint density at radius 3 is 2.94 bits per heavy atom. The summed E-state index contributed by atoms with van der Waals surface area (Å²) in [7, 11) is 0. The molecule has 0 aliphatic rings. The molecule has 0 amide bonds. The number of halogens is 1. The van der Waals surface area contributed by atoms with Crippen molar-refractivity contribution < 1.29 is 14.3 Å². The molecule has 1 N–H and O–H groups in total. The van der Waals surface area contributed by atoms with Crippen molar-refractivity contribution in [1.82, 2.24) is 14.8 Å². The van der Waals surface area contributed by atoms with Crippen LogP contribution in [0, 0.1) is 0 Å². The van der Waals surface area contributed by atoms with Gasteiger partial charge < -0.3 is 14.1 Å². The number of nitrogens with zero attached hydrogens (tertiary/aromatic N) is 3. The minimum Gasteiger partial charge on any atom is -0.481 e. The summed E-state index contributed by atoms with van der Waals surface area (Å²) in [5, 5.41) is 17.4. The molecule has 2 heterocycles. The fourth-order valence-electron chi connectivity index (χ4n) is 1.46. The van der Waals surface area contributed by atoms with Gasteiger partial charge in [0.05, 0.1) is 17.6 Å². The Balaban J connectivity index is 2.33. The van der Waals surface area contributed by atoms with Crippen LogP contribution in [0.3, 0.4) is 0 Å². The van der Waals surface area contributed by atoms with Crippen molar-refractivity contribution in [3.8, 4) is 11.4 Å². The Kier molecular flexibility index (Phi) is 3.93. The summed E-state index contributed by atoms with van der Waals surface area (Å²) in [6.45, 7) is 2.54. The lowest BCUT2D eigenvalue weighted by Crippen LogP contribution is -2.03. The highest BCUT2D eigenvalue weighted by Crippen LogP contribution is 2.29. The highest BCUT2D eigenvalue weighted by atomic mass is 35.5. The first-order valence-electron chi connectivity index (χ1n) is 5.14. The van der Waals surface area contributed by atoms with Gasteiger partial charge in [-0.3, -0.25) is 4.79 Å². The minimum atomic E-state index is -0.895. The average Bonchev–Trinajstić information content (AvgIpc) is 2.91. The van der Waals surface area contributed by atoms with Gasteiger partial charge in [-0.05, 0) is 24.6 Å². The highest BCUT2D eigenvalue weighted by molar-refractivity contribution is 7.99. The Morgan fingerprint density at radius 2 is 2.39 bits per heavy atom. The molecule has 0 aromatic carbocycles. The second-order valence-electron chi connectivity index (χ2n) is 3.34. The van der Waals surface area contributed by atoms with E-state index < -0.39 is 5.97 Å². The molecule has 0 spiro atoms. The Morgan fingerprint density at radius 1 is 1.61 bits per heavy atom. The van der Waals surface area contributed by atoms with Gasteiger partial charge in [-0.25, -0.2) is 0 Å². The first-order valence-corrected chi connectivity index (χ1v) is 6.51. The molecule has 0 saturated heterocycles. The maximum Gasteiger partial charge on any atom is 0.313 e. The number of rotatable bonds is 5. The van der Waals surface area contributed by atoms with Crippen molar-refractivity contribution in [2.24, 2.45) is 0 Å². The second-order valence-corrected chi connectivity index (χ2v) is 4.63. The molecule has 2 rings (SSSR count). The summed E-state index contributed by atoms with van der Waals surface area (Å²) in [6, 6.07) is 1.70. The van der Waals surface area contributed by atoms with E-state index >= 15 is 0 Å². The molecule has 8 heteroatoms. The van der Waals surface area contributed by atoms with E-state index in [2.05, 4.69) is 10.2 Å². The third-order valence-electron chi connectivity index (χ3n) is 2.22. The van der Waals surface area contributed by atoms with E-state index in [-0.39, 0.29) is 11.0 Å². The Labute approximate surface area is 112 Å². The third kappa shape index (κ3) is 2.51. The van der Waals surface area contributed by atoms with E-state index in [1.165, 1.54) is 6.26 Å². The molecular formula is C10H10ClN3O3S. The van der Waals surface area contributed by atoms with Gasteiger partial charge in [-0.1, -0.05) is 11.8 Å². The van der Waals surface area contributed by atoms with Crippen LogP contribution in [-0.4, -0.2) is 31.6 Å². The lowest BCUT2D eigenvalue weighted by molar-refractivity contribution is -0.133. The van der Waals surface area contributed by atoms with Crippen LogP contribution in [0.4, 0.5) is 0 Å². The first kappa shape index (κ1) is 13.0. The smallest absolute Gasteiger partial charge is 0.313 e. The van der Waals surface area contributed by atoms with Crippen LogP contribution in [0.25, 0.3) is 11.4 Å². The topological polar surface area (TPSA) is 81.2 Å². The van der Waals surface area contributed by atoms with Crippen molar-refractivity contribution in [2.45, 2.75) is 18.6 Å². The molecule has 2 aromatic rings. The molecule has 2 aromatic heterocycles. The van der Waals surface area contributed by atoms with Crippen LogP contribution in [0.2, 0.25) is 5.22 Å². The largest absolute Gasteiger partial charge is 0.481 e. The number of carbonyl (C=O) groups is 1. The third-order valence-corrected chi connectivity index (χ3v) is 3.46. The van der Waals surface area contributed by atoms with Gasteiger partial charge in [-0.2, -0.15) is 0 Å². The van der Waals surface area contributed by atoms with E-state index in [4.69, 9.17) is 21.1 Å². The van der Waals surface area contributed by atoms with Gasteiger partial charge in [0, 0.05) is 6.54 Å². The van der Waals surface area contributed by atoms with Crippen molar-refractivity contribution in [2.75, 3.05) is 5.75 Å². The van der Waals surface area contributed by atoms with Crippen LogP contribution in [-0.2, 0) is 11.3 Å². The van der Waals surface area contributed by atoms with Crippen LogP contribution in [0.1, 0.15) is 6.92 Å². The number of carboxylic acid groups (broad SMARTS) is 1. The second kappa shape index (κ2) is 5.45. The average molecular weight is 288 g/mol. The maximum atomic E-state index is 10.5. The van der Waals surface area contributed by atoms with Gasteiger partial charge in [0.15, 0.2) is 11.0 Å². The van der Waals surface area contributed by atoms with Gasteiger partial charge in [0.25, 0.3) is 0 Å². The van der Waals surface area contributed by atoms with Gasteiger partial charge in [-0.15, -0.1) is 10.2 Å². The standard InChI is InChI=1S/C10H10ClN3O3S/c1-2-14-9(6-3-4-17-8(6)11)12-13-10(14)18-5-7(15)16/h3-4H,2,5H2,1H3,(H,15,16). The fourth-order valence-corrected chi connectivity index (χ4v) is 2.38. The Bertz CT molecular complexity index is 566. The van der Waals surface area contributed by atoms with Crippen molar-refractivity contribution in [1.29, 1.82) is 0 Å². The van der Waals surface area contributed by atoms with Crippen LogP contribution in [0.15, 0.2) is 21.9 Å². The zero-order chi connectivity index (χ0) is 13.1. The summed E-state index contributed by atoms with van der Waals surface area (Å²) < 4.78 is 6.81. The number of aliphatic carboxylic acids is 1. The lowest BCUT2D eigenvalue weighted by Gasteiger charge is -2.04. The molecule has 96 valence electrons. The highest BCUT2D eigenvalue weighted by Gasteiger charge is 2.17. The summed E-state index contributed by atoms with van der Waals surface area (Å²) in [5.74, 6) is -0.380. The quantitative estimate of drug-likeness (QED) is 0.850. The van der Waals surface area contributed by atoms with E-state index in [0.29, 0.717) is 23.1 Å². The molecule has 0 atom stereocenters. The molecule has 0 aliphatic heterocycles. The summed E-state index contributed by atoms with van der Waals surface area (Å²) in [5.41, 5.74) is 0.646. The molecule has 0 radical (unpaired) electrons. The number of hydrogen-bond donors (Lipinski definition) is 1. The molecule has 18 heavy (non-hydrogen) atoms. The van der Waals surface area contributed by atoms with E-state index in [0.717, 1.165) is 11.8 Å². The van der Waals surface area contributed by atoms with Crippen LogP contribution in [0.5, 0.6) is 0 Å². The van der Waals surface area contributed by atoms with Crippen LogP contribution < -0.4 is 0 Å². The molecule has 0 aliphatic carbocycles. The number of hydrogen-bond acceptors (Lipinski definition) is 5. The molecule has 0 unspecified atom stereocenters. The molecule has 0 bridgehead atoms. The fraction of sp³-hybridized carbons (Fsp3) is 0.300. The zero-order valence-electron chi connectivity index (χ0n) is 9.46. The van der Waals surface area contributed by atoms with Gasteiger partial charge >= 0.3 is 5.97 Å². The summed E-state index contributed by atoms with van der Waals surface area (Å²) in [6.07, 6.45) is 1.47. The molecule has 0 fully saturated rings. The molecular weight excluding hydrogens is 278 g/mol. The predicted molar refractivity (Wildman–Crippen MR) is 66.8 cm³/mol. The Hall–Kier alpha value is -1.47. The monoisotopic (exact) mass is 287 g/mol. The van der Waals surface area contributed by atoms with Gasteiger partial charge in [0.1, 0.15) is 0 Å². The number of furan rings is 1. The number of carboxylic acids is 1.